The van der Waals surface area contributed by atoms with Gasteiger partial charge in [-0.05, 0) is 35.1 Å². The SMILES string of the molecule is CC(C)CCc1nc(C(C)(C)C)nn1Cc1ccc(-c2ccccc2C(=O)O)cc1. The van der Waals surface area contributed by atoms with Crippen LogP contribution in [-0.4, -0.2) is 25.8 Å². The highest BCUT2D eigenvalue weighted by Gasteiger charge is 2.22. The Bertz CT molecular complexity index is 1010. The zero-order chi connectivity index (χ0) is 21.9. The van der Waals surface area contributed by atoms with Crippen LogP contribution in [0.15, 0.2) is 48.5 Å². The van der Waals surface area contributed by atoms with Gasteiger partial charge in [0.15, 0.2) is 5.82 Å². The number of rotatable bonds is 7. The van der Waals surface area contributed by atoms with Crippen LogP contribution in [0, 0.1) is 5.92 Å². The monoisotopic (exact) mass is 405 g/mol. The van der Waals surface area contributed by atoms with Gasteiger partial charge in [0.25, 0.3) is 0 Å². The molecule has 1 N–H and O–H groups in total. The van der Waals surface area contributed by atoms with Gasteiger partial charge in [0, 0.05) is 11.8 Å². The molecule has 0 aliphatic carbocycles. The van der Waals surface area contributed by atoms with Crippen LogP contribution in [-0.2, 0) is 18.4 Å². The first-order valence-corrected chi connectivity index (χ1v) is 10.5. The summed E-state index contributed by atoms with van der Waals surface area (Å²) in [6.45, 7) is 11.5. The molecule has 0 bridgehead atoms. The van der Waals surface area contributed by atoms with Crippen molar-refractivity contribution in [2.75, 3.05) is 0 Å². The van der Waals surface area contributed by atoms with Crippen LogP contribution in [0.2, 0.25) is 0 Å². The molecule has 0 amide bonds. The largest absolute Gasteiger partial charge is 0.478 e. The highest BCUT2D eigenvalue weighted by molar-refractivity contribution is 5.95. The second kappa shape index (κ2) is 8.82. The number of aromatic nitrogens is 3. The Morgan fingerprint density at radius 3 is 2.33 bits per heavy atom. The summed E-state index contributed by atoms with van der Waals surface area (Å²) < 4.78 is 2.02. The van der Waals surface area contributed by atoms with E-state index in [2.05, 4.69) is 34.6 Å². The van der Waals surface area contributed by atoms with Crippen molar-refractivity contribution < 1.29 is 9.90 Å². The molecule has 158 valence electrons. The summed E-state index contributed by atoms with van der Waals surface area (Å²) in [7, 11) is 0. The van der Waals surface area contributed by atoms with Crippen molar-refractivity contribution in [2.24, 2.45) is 5.92 Å². The maximum Gasteiger partial charge on any atom is 0.336 e. The van der Waals surface area contributed by atoms with E-state index in [1.54, 1.807) is 12.1 Å². The van der Waals surface area contributed by atoms with Crippen LogP contribution in [0.25, 0.3) is 11.1 Å². The second-order valence-electron chi connectivity index (χ2n) is 9.24. The normalized spacial score (nSPS) is 11.8. The van der Waals surface area contributed by atoms with Gasteiger partial charge in [-0.1, -0.05) is 77.1 Å². The second-order valence-corrected chi connectivity index (χ2v) is 9.24. The molecule has 3 rings (SSSR count). The van der Waals surface area contributed by atoms with E-state index in [1.165, 1.54) is 0 Å². The third-order valence-electron chi connectivity index (χ3n) is 5.12. The number of aromatic carboxylic acids is 1. The average molecular weight is 406 g/mol. The number of carbonyl (C=O) groups is 1. The summed E-state index contributed by atoms with van der Waals surface area (Å²) in [6.07, 6.45) is 1.98. The van der Waals surface area contributed by atoms with Crippen molar-refractivity contribution in [1.82, 2.24) is 14.8 Å². The van der Waals surface area contributed by atoms with Crippen molar-refractivity contribution in [3.05, 3.63) is 71.3 Å². The topological polar surface area (TPSA) is 68.0 Å². The Morgan fingerprint density at radius 1 is 1.07 bits per heavy atom. The van der Waals surface area contributed by atoms with Gasteiger partial charge in [0.2, 0.25) is 0 Å². The number of hydrogen-bond acceptors (Lipinski definition) is 3. The van der Waals surface area contributed by atoms with Crippen LogP contribution < -0.4 is 0 Å². The number of carboxylic acids is 1. The Kier molecular flexibility index (Phi) is 6.40. The Labute approximate surface area is 178 Å². The first-order valence-electron chi connectivity index (χ1n) is 10.5. The fraction of sp³-hybridized carbons (Fsp3) is 0.400. The molecule has 0 saturated heterocycles. The molecular formula is C25H31N3O2. The van der Waals surface area contributed by atoms with Crippen molar-refractivity contribution in [1.29, 1.82) is 0 Å². The van der Waals surface area contributed by atoms with Crippen LogP contribution >= 0.6 is 0 Å². The molecule has 1 aromatic heterocycles. The van der Waals surface area contributed by atoms with Crippen molar-refractivity contribution in [2.45, 2.75) is 59.4 Å². The third kappa shape index (κ3) is 5.15. The Hall–Kier alpha value is -2.95. The van der Waals surface area contributed by atoms with Crippen molar-refractivity contribution in [3.63, 3.8) is 0 Å². The van der Waals surface area contributed by atoms with Crippen LogP contribution in [0.5, 0.6) is 0 Å². The summed E-state index contributed by atoms with van der Waals surface area (Å²) in [6, 6.07) is 15.1. The molecule has 0 atom stereocenters. The van der Waals surface area contributed by atoms with Gasteiger partial charge in [0.05, 0.1) is 12.1 Å². The molecule has 0 spiro atoms. The summed E-state index contributed by atoms with van der Waals surface area (Å²) in [5, 5.41) is 14.2. The zero-order valence-corrected chi connectivity index (χ0v) is 18.5. The molecule has 5 nitrogen and oxygen atoms in total. The molecule has 30 heavy (non-hydrogen) atoms. The number of aryl methyl sites for hydroxylation is 1. The lowest BCUT2D eigenvalue weighted by atomic mass is 9.96. The minimum Gasteiger partial charge on any atom is -0.478 e. The van der Waals surface area contributed by atoms with Gasteiger partial charge >= 0.3 is 5.97 Å². The fourth-order valence-corrected chi connectivity index (χ4v) is 3.31. The van der Waals surface area contributed by atoms with Gasteiger partial charge in [-0.15, -0.1) is 0 Å². The maximum atomic E-state index is 11.5. The number of hydrogen-bond donors (Lipinski definition) is 1. The van der Waals surface area contributed by atoms with Crippen LogP contribution in [0.4, 0.5) is 0 Å². The first kappa shape index (κ1) is 21.8. The average Bonchev–Trinajstić information content (AvgIpc) is 3.10. The van der Waals surface area contributed by atoms with Crippen molar-refractivity contribution >= 4 is 5.97 Å². The number of carboxylic acid groups (broad SMARTS) is 1. The molecule has 0 fully saturated rings. The molecule has 5 heteroatoms. The lowest BCUT2D eigenvalue weighted by Gasteiger charge is -2.12. The predicted molar refractivity (Wildman–Crippen MR) is 120 cm³/mol. The van der Waals surface area contributed by atoms with E-state index in [1.807, 2.05) is 41.1 Å². The summed E-state index contributed by atoms with van der Waals surface area (Å²) >= 11 is 0. The molecule has 0 aliphatic rings. The van der Waals surface area contributed by atoms with Gasteiger partial charge in [0.1, 0.15) is 5.82 Å². The molecule has 0 unspecified atom stereocenters. The Morgan fingerprint density at radius 2 is 1.73 bits per heavy atom. The summed E-state index contributed by atoms with van der Waals surface area (Å²) in [4.78, 5) is 16.3. The van der Waals surface area contributed by atoms with Gasteiger partial charge in [-0.25, -0.2) is 14.5 Å². The zero-order valence-electron chi connectivity index (χ0n) is 18.5. The lowest BCUT2D eigenvalue weighted by molar-refractivity contribution is 0.0697. The van der Waals surface area contributed by atoms with Gasteiger partial charge in [-0.2, -0.15) is 5.10 Å². The summed E-state index contributed by atoms with van der Waals surface area (Å²) in [5.74, 6) is 1.59. The number of benzene rings is 2. The summed E-state index contributed by atoms with van der Waals surface area (Å²) in [5.41, 5.74) is 2.95. The highest BCUT2D eigenvalue weighted by Crippen LogP contribution is 2.25. The smallest absolute Gasteiger partial charge is 0.336 e. The van der Waals surface area contributed by atoms with E-state index in [0.29, 0.717) is 18.0 Å². The maximum absolute atomic E-state index is 11.5. The van der Waals surface area contributed by atoms with Gasteiger partial charge in [-0.3, -0.25) is 0 Å². The molecule has 1 heterocycles. The standard InChI is InChI=1S/C25H31N3O2/c1-17(2)10-15-22-26-24(25(3,4)5)27-28(22)16-18-11-13-19(14-12-18)20-8-6-7-9-21(20)23(29)30/h6-9,11-14,17H,10,15-16H2,1-5H3,(H,29,30). The molecule has 0 saturated carbocycles. The third-order valence-corrected chi connectivity index (χ3v) is 5.12. The fourth-order valence-electron chi connectivity index (χ4n) is 3.31. The predicted octanol–water partition coefficient (Wildman–Crippen LogP) is 5.58. The van der Waals surface area contributed by atoms with Crippen LogP contribution in [0.1, 0.15) is 68.6 Å². The minimum absolute atomic E-state index is 0.0950. The molecule has 3 aromatic rings. The molecular weight excluding hydrogens is 374 g/mol. The molecule has 0 radical (unpaired) electrons. The number of nitrogens with zero attached hydrogens (tertiary/aromatic N) is 3. The molecule has 0 aliphatic heterocycles. The van der Waals surface area contributed by atoms with Gasteiger partial charge < -0.3 is 5.11 Å². The lowest BCUT2D eigenvalue weighted by Crippen LogP contribution is -2.14. The van der Waals surface area contributed by atoms with E-state index in [9.17, 15) is 9.90 Å². The Balaban J connectivity index is 1.86. The van der Waals surface area contributed by atoms with E-state index in [4.69, 9.17) is 10.1 Å². The van der Waals surface area contributed by atoms with E-state index in [-0.39, 0.29) is 5.41 Å². The molecule has 2 aromatic carbocycles. The minimum atomic E-state index is -0.915. The van der Waals surface area contributed by atoms with E-state index < -0.39 is 5.97 Å². The van der Waals surface area contributed by atoms with Crippen molar-refractivity contribution in [3.8, 4) is 11.1 Å². The quantitative estimate of drug-likeness (QED) is 0.557. The van der Waals surface area contributed by atoms with E-state index in [0.717, 1.165) is 41.2 Å². The first-order chi connectivity index (χ1) is 14.1. The highest BCUT2D eigenvalue weighted by atomic mass is 16.4. The van der Waals surface area contributed by atoms with E-state index >= 15 is 0 Å². The van der Waals surface area contributed by atoms with Crippen LogP contribution in [0.3, 0.4) is 0 Å².